The molecule has 2 amide bonds. The third-order valence-electron chi connectivity index (χ3n) is 5.60. The standard InChI is InChI=1S/C25H26FN3O2/c1-27-14-6-11-23(27)17-28(16-19-7-3-2-4-8-19)24(30)18-29(22-12-13-22)25(31)20-9-5-10-21(26)15-20/h2-11,14-15,22H,12-13,16-18H2,1H3. The first-order valence-corrected chi connectivity index (χ1v) is 10.5. The molecule has 5 nitrogen and oxygen atoms in total. The molecule has 1 aliphatic carbocycles. The first kappa shape index (κ1) is 20.8. The molecule has 1 aliphatic rings. The highest BCUT2D eigenvalue weighted by molar-refractivity contribution is 5.97. The number of hydrogen-bond acceptors (Lipinski definition) is 2. The molecule has 0 radical (unpaired) electrons. The largest absolute Gasteiger partial charge is 0.353 e. The van der Waals surface area contributed by atoms with Gasteiger partial charge in [0.25, 0.3) is 5.91 Å². The van der Waals surface area contributed by atoms with E-state index >= 15 is 0 Å². The number of rotatable bonds is 8. The molecule has 6 heteroatoms. The minimum atomic E-state index is -0.456. The topological polar surface area (TPSA) is 45.6 Å². The van der Waals surface area contributed by atoms with Crippen molar-refractivity contribution < 1.29 is 14.0 Å². The maximum Gasteiger partial charge on any atom is 0.254 e. The van der Waals surface area contributed by atoms with Crippen LogP contribution in [0.2, 0.25) is 0 Å². The molecule has 0 aliphatic heterocycles. The molecule has 1 saturated carbocycles. The van der Waals surface area contributed by atoms with Crippen LogP contribution < -0.4 is 0 Å². The lowest BCUT2D eigenvalue weighted by Crippen LogP contribution is -2.43. The van der Waals surface area contributed by atoms with Gasteiger partial charge in [-0.15, -0.1) is 0 Å². The molecule has 0 unspecified atom stereocenters. The van der Waals surface area contributed by atoms with Crippen molar-refractivity contribution in [2.75, 3.05) is 6.54 Å². The van der Waals surface area contributed by atoms with Crippen LogP contribution in [-0.4, -0.2) is 38.8 Å². The Morgan fingerprint density at radius 3 is 2.42 bits per heavy atom. The summed E-state index contributed by atoms with van der Waals surface area (Å²) in [4.78, 5) is 29.8. The minimum absolute atomic E-state index is 0.0166. The fourth-order valence-corrected chi connectivity index (χ4v) is 3.68. The fourth-order valence-electron chi connectivity index (χ4n) is 3.68. The van der Waals surface area contributed by atoms with E-state index in [4.69, 9.17) is 0 Å². The van der Waals surface area contributed by atoms with Crippen LogP contribution >= 0.6 is 0 Å². The number of benzene rings is 2. The second-order valence-corrected chi connectivity index (χ2v) is 8.02. The number of nitrogens with zero attached hydrogens (tertiary/aromatic N) is 3. The predicted molar refractivity (Wildman–Crippen MR) is 117 cm³/mol. The lowest BCUT2D eigenvalue weighted by atomic mass is 10.1. The van der Waals surface area contributed by atoms with Gasteiger partial charge in [-0.3, -0.25) is 9.59 Å². The van der Waals surface area contributed by atoms with Crippen molar-refractivity contribution in [1.29, 1.82) is 0 Å². The molecule has 31 heavy (non-hydrogen) atoms. The molecule has 1 aromatic heterocycles. The summed E-state index contributed by atoms with van der Waals surface area (Å²) in [6.07, 6.45) is 3.68. The number of aryl methyl sites for hydroxylation is 1. The summed E-state index contributed by atoms with van der Waals surface area (Å²) in [7, 11) is 1.95. The Labute approximate surface area is 181 Å². The summed E-state index contributed by atoms with van der Waals surface area (Å²) in [5.41, 5.74) is 2.31. The second kappa shape index (κ2) is 9.16. The van der Waals surface area contributed by atoms with E-state index in [1.807, 2.05) is 60.3 Å². The van der Waals surface area contributed by atoms with Crippen molar-refractivity contribution in [3.05, 3.63) is 95.6 Å². The van der Waals surface area contributed by atoms with E-state index in [-0.39, 0.29) is 30.0 Å². The second-order valence-electron chi connectivity index (χ2n) is 8.02. The van der Waals surface area contributed by atoms with Crippen LogP contribution in [0.5, 0.6) is 0 Å². The molecule has 1 fully saturated rings. The van der Waals surface area contributed by atoms with Crippen LogP contribution in [0.1, 0.15) is 34.5 Å². The van der Waals surface area contributed by atoms with Gasteiger partial charge in [0.15, 0.2) is 0 Å². The van der Waals surface area contributed by atoms with Crippen molar-refractivity contribution in [3.63, 3.8) is 0 Å². The molecule has 160 valence electrons. The fraction of sp³-hybridized carbons (Fsp3) is 0.280. The van der Waals surface area contributed by atoms with Crippen LogP contribution in [0.25, 0.3) is 0 Å². The maximum atomic E-state index is 13.6. The van der Waals surface area contributed by atoms with Gasteiger partial charge in [-0.25, -0.2) is 4.39 Å². The molecule has 2 aromatic carbocycles. The SMILES string of the molecule is Cn1cccc1CN(Cc1ccccc1)C(=O)CN(C(=O)c1cccc(F)c1)C1CC1. The third kappa shape index (κ3) is 5.20. The normalized spacial score (nSPS) is 13.1. The molecule has 0 atom stereocenters. The lowest BCUT2D eigenvalue weighted by Gasteiger charge is -2.28. The summed E-state index contributed by atoms with van der Waals surface area (Å²) in [6.45, 7) is 0.888. The summed E-state index contributed by atoms with van der Waals surface area (Å²) in [5, 5.41) is 0. The van der Waals surface area contributed by atoms with Crippen molar-refractivity contribution >= 4 is 11.8 Å². The van der Waals surface area contributed by atoms with Gasteiger partial charge in [0, 0.05) is 37.1 Å². The first-order chi connectivity index (χ1) is 15.0. The summed E-state index contributed by atoms with van der Waals surface area (Å²) in [6, 6.07) is 19.4. The molecule has 3 aromatic rings. The minimum Gasteiger partial charge on any atom is -0.353 e. The van der Waals surface area contributed by atoms with Crippen LogP contribution in [0.4, 0.5) is 4.39 Å². The predicted octanol–water partition coefficient (Wildman–Crippen LogP) is 4.00. The van der Waals surface area contributed by atoms with E-state index in [9.17, 15) is 14.0 Å². The van der Waals surface area contributed by atoms with E-state index in [2.05, 4.69) is 0 Å². The number of aromatic nitrogens is 1. The Morgan fingerprint density at radius 1 is 1.00 bits per heavy atom. The maximum absolute atomic E-state index is 13.6. The van der Waals surface area contributed by atoms with Crippen LogP contribution in [0.15, 0.2) is 72.9 Å². The number of carbonyl (C=O) groups excluding carboxylic acids is 2. The average Bonchev–Trinajstić information content (AvgIpc) is 3.54. The molecular formula is C25H26FN3O2. The van der Waals surface area contributed by atoms with E-state index in [0.29, 0.717) is 13.1 Å². The van der Waals surface area contributed by atoms with E-state index in [1.54, 1.807) is 15.9 Å². The summed E-state index contributed by atoms with van der Waals surface area (Å²) >= 11 is 0. The smallest absolute Gasteiger partial charge is 0.254 e. The third-order valence-corrected chi connectivity index (χ3v) is 5.60. The van der Waals surface area contributed by atoms with Crippen LogP contribution in [0, 0.1) is 5.82 Å². The van der Waals surface area contributed by atoms with Gasteiger partial charge in [-0.05, 0) is 48.7 Å². The van der Waals surface area contributed by atoms with Gasteiger partial charge in [0.1, 0.15) is 12.4 Å². The van der Waals surface area contributed by atoms with E-state index < -0.39 is 5.82 Å². The highest BCUT2D eigenvalue weighted by Gasteiger charge is 2.35. The molecule has 0 N–H and O–H groups in total. The zero-order chi connectivity index (χ0) is 21.8. The monoisotopic (exact) mass is 419 g/mol. The molecule has 0 saturated heterocycles. The van der Waals surface area contributed by atoms with Gasteiger partial charge in [-0.1, -0.05) is 36.4 Å². The van der Waals surface area contributed by atoms with Crippen molar-refractivity contribution in [3.8, 4) is 0 Å². The zero-order valence-electron chi connectivity index (χ0n) is 17.6. The Bertz CT molecular complexity index is 1060. The molecule has 0 spiro atoms. The Morgan fingerprint density at radius 2 is 1.77 bits per heavy atom. The molecule has 1 heterocycles. The van der Waals surface area contributed by atoms with Crippen LogP contribution in [0.3, 0.4) is 0 Å². The van der Waals surface area contributed by atoms with Crippen molar-refractivity contribution in [1.82, 2.24) is 14.4 Å². The summed E-state index contributed by atoms with van der Waals surface area (Å²) < 4.78 is 15.6. The number of hydrogen-bond donors (Lipinski definition) is 0. The summed E-state index contributed by atoms with van der Waals surface area (Å²) in [5.74, 6) is -0.877. The first-order valence-electron chi connectivity index (χ1n) is 10.5. The molecular weight excluding hydrogens is 393 g/mol. The van der Waals surface area contributed by atoms with Crippen LogP contribution in [-0.2, 0) is 24.9 Å². The van der Waals surface area contributed by atoms with Gasteiger partial charge in [0.2, 0.25) is 5.91 Å². The molecule has 0 bridgehead atoms. The quantitative estimate of drug-likeness (QED) is 0.554. The highest BCUT2D eigenvalue weighted by Crippen LogP contribution is 2.28. The number of amides is 2. The van der Waals surface area contributed by atoms with Crippen molar-refractivity contribution in [2.24, 2.45) is 7.05 Å². The lowest BCUT2D eigenvalue weighted by molar-refractivity contribution is -0.133. The molecule has 4 rings (SSSR count). The van der Waals surface area contributed by atoms with Gasteiger partial charge in [0.05, 0.1) is 6.54 Å². The zero-order valence-corrected chi connectivity index (χ0v) is 17.6. The average molecular weight is 420 g/mol. The van der Waals surface area contributed by atoms with Gasteiger partial charge >= 0.3 is 0 Å². The van der Waals surface area contributed by atoms with Gasteiger partial charge in [-0.2, -0.15) is 0 Å². The van der Waals surface area contributed by atoms with E-state index in [1.165, 1.54) is 18.2 Å². The van der Waals surface area contributed by atoms with Crippen molar-refractivity contribution in [2.45, 2.75) is 32.0 Å². The number of carbonyl (C=O) groups is 2. The Balaban J connectivity index is 1.54. The highest BCUT2D eigenvalue weighted by atomic mass is 19.1. The Hall–Kier alpha value is -3.41. The van der Waals surface area contributed by atoms with E-state index in [0.717, 1.165) is 24.1 Å². The Kier molecular flexibility index (Phi) is 6.16. The van der Waals surface area contributed by atoms with Gasteiger partial charge < -0.3 is 14.4 Å². The number of halogens is 1.